The number of benzene rings is 1. The Balaban J connectivity index is 1.98. The van der Waals surface area contributed by atoms with Gasteiger partial charge in [-0.05, 0) is 37.8 Å². The van der Waals surface area contributed by atoms with Crippen LogP contribution in [0, 0.1) is 24.5 Å². The second-order valence-electron chi connectivity index (χ2n) is 7.22. The van der Waals surface area contributed by atoms with Crippen molar-refractivity contribution in [3.63, 3.8) is 0 Å². The summed E-state index contributed by atoms with van der Waals surface area (Å²) in [5.41, 5.74) is 5.44. The molecule has 1 aliphatic rings. The predicted octanol–water partition coefficient (Wildman–Crippen LogP) is 2.71. The Kier molecular flexibility index (Phi) is 4.44. The van der Waals surface area contributed by atoms with Crippen molar-refractivity contribution in [3.8, 4) is 11.1 Å². The van der Waals surface area contributed by atoms with E-state index in [1.807, 2.05) is 0 Å². The Morgan fingerprint density at radius 3 is 2.43 bits per heavy atom. The van der Waals surface area contributed by atoms with Gasteiger partial charge in [-0.25, -0.2) is 13.8 Å². The summed E-state index contributed by atoms with van der Waals surface area (Å²) in [4.78, 5) is 21.9. The molecule has 1 saturated heterocycles. The van der Waals surface area contributed by atoms with Crippen LogP contribution in [0.1, 0.15) is 35.8 Å². The lowest BCUT2D eigenvalue weighted by Crippen LogP contribution is -2.35. The Labute approximate surface area is 160 Å². The fourth-order valence-corrected chi connectivity index (χ4v) is 3.69. The molecule has 0 unspecified atom stereocenters. The Bertz CT molecular complexity index is 1050. The first-order valence-corrected chi connectivity index (χ1v) is 9.11. The summed E-state index contributed by atoms with van der Waals surface area (Å²) in [7, 11) is 0. The molecule has 9 heteroatoms. The van der Waals surface area contributed by atoms with Gasteiger partial charge in [-0.3, -0.25) is 4.79 Å². The number of hydrogen-bond acceptors (Lipinski definition) is 5. The van der Waals surface area contributed by atoms with Gasteiger partial charge in [-0.15, -0.1) is 0 Å². The van der Waals surface area contributed by atoms with Crippen LogP contribution in [0.2, 0.25) is 0 Å². The highest BCUT2D eigenvalue weighted by molar-refractivity contribution is 5.94. The topological polar surface area (TPSA) is 89.4 Å². The van der Waals surface area contributed by atoms with Crippen LogP contribution in [0.25, 0.3) is 16.9 Å². The number of piperidine rings is 1. The summed E-state index contributed by atoms with van der Waals surface area (Å²) in [6, 6.07) is 1.90. The number of nitrogens with zero attached hydrogens (tertiary/aromatic N) is 5. The van der Waals surface area contributed by atoms with E-state index in [1.165, 1.54) is 10.8 Å². The van der Waals surface area contributed by atoms with Gasteiger partial charge < -0.3 is 10.6 Å². The fraction of sp³-hybridized carbons (Fsp3) is 0.368. The van der Waals surface area contributed by atoms with Crippen LogP contribution >= 0.6 is 0 Å². The van der Waals surface area contributed by atoms with Crippen LogP contribution < -0.4 is 10.6 Å². The van der Waals surface area contributed by atoms with E-state index in [-0.39, 0.29) is 11.1 Å². The third-order valence-electron chi connectivity index (χ3n) is 5.24. The molecule has 1 aromatic carbocycles. The van der Waals surface area contributed by atoms with Crippen molar-refractivity contribution in [3.05, 3.63) is 41.4 Å². The molecule has 3 heterocycles. The first-order chi connectivity index (χ1) is 13.4. The van der Waals surface area contributed by atoms with E-state index in [0.29, 0.717) is 28.8 Å². The Morgan fingerprint density at radius 1 is 1.18 bits per heavy atom. The van der Waals surface area contributed by atoms with Crippen LogP contribution in [0.3, 0.4) is 0 Å². The minimum Gasteiger partial charge on any atom is -0.366 e. The van der Waals surface area contributed by atoms with Gasteiger partial charge in [0.1, 0.15) is 23.8 Å². The molecule has 1 aliphatic heterocycles. The number of primary amides is 1. The summed E-state index contributed by atoms with van der Waals surface area (Å²) >= 11 is 0. The molecule has 7 nitrogen and oxygen atoms in total. The van der Waals surface area contributed by atoms with E-state index < -0.39 is 17.5 Å². The van der Waals surface area contributed by atoms with Crippen molar-refractivity contribution in [1.29, 1.82) is 0 Å². The zero-order valence-corrected chi connectivity index (χ0v) is 15.6. The highest BCUT2D eigenvalue weighted by atomic mass is 19.1. The third-order valence-corrected chi connectivity index (χ3v) is 5.24. The number of carbonyl (C=O) groups excluding carboxylic acids is 1. The van der Waals surface area contributed by atoms with E-state index in [2.05, 4.69) is 26.9 Å². The smallest absolute Gasteiger partial charge is 0.254 e. The minimum absolute atomic E-state index is 0.223. The van der Waals surface area contributed by atoms with E-state index in [0.717, 1.165) is 38.1 Å². The lowest BCUT2D eigenvalue weighted by atomic mass is 9.97. The number of anilines is 1. The van der Waals surface area contributed by atoms with Gasteiger partial charge in [0.05, 0.1) is 16.8 Å². The van der Waals surface area contributed by atoms with Crippen molar-refractivity contribution in [2.45, 2.75) is 26.7 Å². The molecule has 146 valence electrons. The number of aryl methyl sites for hydroxylation is 1. The van der Waals surface area contributed by atoms with Crippen LogP contribution in [0.4, 0.5) is 14.6 Å². The SMILES string of the molecule is Cc1nc2ncnn2c(N2CCC(C)CC2)c1-c1c(F)cc(C(N)=O)cc1F. The predicted molar refractivity (Wildman–Crippen MR) is 100.0 cm³/mol. The van der Waals surface area contributed by atoms with Crippen molar-refractivity contribution in [2.75, 3.05) is 18.0 Å². The van der Waals surface area contributed by atoms with E-state index in [9.17, 15) is 13.6 Å². The molecule has 1 fully saturated rings. The highest BCUT2D eigenvalue weighted by Gasteiger charge is 2.28. The van der Waals surface area contributed by atoms with Crippen LogP contribution in [-0.2, 0) is 0 Å². The van der Waals surface area contributed by atoms with E-state index in [1.54, 1.807) is 6.92 Å². The monoisotopic (exact) mass is 386 g/mol. The fourth-order valence-electron chi connectivity index (χ4n) is 3.69. The summed E-state index contributed by atoms with van der Waals surface area (Å²) in [6.07, 6.45) is 3.29. The molecule has 0 aliphatic carbocycles. The number of halogens is 2. The van der Waals surface area contributed by atoms with Gasteiger partial charge in [-0.2, -0.15) is 14.6 Å². The van der Waals surface area contributed by atoms with E-state index >= 15 is 0 Å². The first-order valence-electron chi connectivity index (χ1n) is 9.11. The Hall–Kier alpha value is -3.10. The quantitative estimate of drug-likeness (QED) is 0.748. The summed E-state index contributed by atoms with van der Waals surface area (Å²) < 4.78 is 31.4. The molecule has 4 rings (SSSR count). The molecule has 0 saturated carbocycles. The average Bonchev–Trinajstić information content (AvgIpc) is 3.10. The second-order valence-corrected chi connectivity index (χ2v) is 7.22. The number of fused-ring (bicyclic) bond motifs is 1. The maximum absolute atomic E-state index is 14.9. The van der Waals surface area contributed by atoms with E-state index in [4.69, 9.17) is 5.73 Å². The second kappa shape index (κ2) is 6.81. The molecule has 2 N–H and O–H groups in total. The van der Waals surface area contributed by atoms with Gasteiger partial charge in [0.15, 0.2) is 0 Å². The zero-order chi connectivity index (χ0) is 20.0. The number of aromatic nitrogens is 4. The third kappa shape index (κ3) is 2.96. The van der Waals surface area contributed by atoms with Gasteiger partial charge in [0.2, 0.25) is 5.91 Å². The van der Waals surface area contributed by atoms with Crippen molar-refractivity contribution >= 4 is 17.5 Å². The maximum atomic E-state index is 14.9. The first kappa shape index (κ1) is 18.3. The van der Waals surface area contributed by atoms with Crippen LogP contribution in [-0.4, -0.2) is 38.6 Å². The summed E-state index contributed by atoms with van der Waals surface area (Å²) in [5.74, 6) is -1.14. The lowest BCUT2D eigenvalue weighted by molar-refractivity contribution is 0.0999. The Morgan fingerprint density at radius 2 is 1.82 bits per heavy atom. The lowest BCUT2D eigenvalue weighted by Gasteiger charge is -2.33. The minimum atomic E-state index is -0.892. The standard InChI is InChI=1S/C19H20F2N6O/c1-10-3-5-26(6-4-10)18-15(11(2)25-19-23-9-24-27(18)19)16-13(20)7-12(17(22)28)8-14(16)21/h7-10H,3-6H2,1-2H3,(H2,22,28). The molecule has 2 aromatic heterocycles. The number of carbonyl (C=O) groups is 1. The normalized spacial score (nSPS) is 15.4. The number of rotatable bonds is 3. The molecule has 0 bridgehead atoms. The summed E-state index contributed by atoms with van der Waals surface area (Å²) in [5, 5.41) is 4.23. The maximum Gasteiger partial charge on any atom is 0.254 e. The molecule has 3 aromatic rings. The molecule has 0 atom stereocenters. The van der Waals surface area contributed by atoms with Crippen molar-refractivity contribution < 1.29 is 13.6 Å². The molecule has 0 spiro atoms. The molecule has 0 radical (unpaired) electrons. The van der Waals surface area contributed by atoms with Gasteiger partial charge in [0, 0.05) is 18.7 Å². The van der Waals surface area contributed by atoms with Crippen molar-refractivity contribution in [1.82, 2.24) is 19.6 Å². The molecule has 28 heavy (non-hydrogen) atoms. The van der Waals surface area contributed by atoms with Gasteiger partial charge >= 0.3 is 0 Å². The highest BCUT2D eigenvalue weighted by Crippen LogP contribution is 2.38. The zero-order valence-electron chi connectivity index (χ0n) is 15.6. The van der Waals surface area contributed by atoms with Crippen molar-refractivity contribution in [2.24, 2.45) is 11.7 Å². The van der Waals surface area contributed by atoms with Gasteiger partial charge in [-0.1, -0.05) is 6.92 Å². The van der Waals surface area contributed by atoms with Crippen LogP contribution in [0.15, 0.2) is 18.5 Å². The number of hydrogen-bond donors (Lipinski definition) is 1. The van der Waals surface area contributed by atoms with Crippen LogP contribution in [0.5, 0.6) is 0 Å². The average molecular weight is 386 g/mol. The molecular weight excluding hydrogens is 366 g/mol. The largest absolute Gasteiger partial charge is 0.366 e. The summed E-state index contributed by atoms with van der Waals surface area (Å²) in [6.45, 7) is 5.33. The molecule has 1 amide bonds. The number of amides is 1. The molecular formula is C19H20F2N6O. The van der Waals surface area contributed by atoms with Gasteiger partial charge in [0.25, 0.3) is 5.78 Å². The number of nitrogens with two attached hydrogens (primary N) is 1.